The van der Waals surface area contributed by atoms with Crippen LogP contribution in [0.5, 0.6) is 5.75 Å². The van der Waals surface area contributed by atoms with Crippen molar-refractivity contribution in [2.24, 2.45) is 10.9 Å². The van der Waals surface area contributed by atoms with Crippen molar-refractivity contribution in [3.63, 3.8) is 0 Å². The van der Waals surface area contributed by atoms with E-state index in [1.165, 1.54) is 11.1 Å². The Labute approximate surface area is 192 Å². The minimum atomic E-state index is 0.0346. The highest BCUT2D eigenvalue weighted by atomic mass is 16.5. The molecule has 2 amide bonds. The van der Waals surface area contributed by atoms with Crippen LogP contribution in [0.15, 0.2) is 53.5 Å². The predicted octanol–water partition coefficient (Wildman–Crippen LogP) is 6.18. The van der Waals surface area contributed by atoms with E-state index in [1.54, 1.807) is 0 Å². The smallest absolute Gasteiger partial charge is 0.317 e. The van der Waals surface area contributed by atoms with Crippen LogP contribution in [-0.4, -0.2) is 43.4 Å². The second-order valence-corrected chi connectivity index (χ2v) is 8.83. The van der Waals surface area contributed by atoms with Crippen molar-refractivity contribution in [3.8, 4) is 5.75 Å². The molecule has 0 unspecified atom stereocenters. The van der Waals surface area contributed by atoms with Gasteiger partial charge in [-0.1, -0.05) is 44.2 Å². The van der Waals surface area contributed by atoms with E-state index in [4.69, 9.17) is 4.74 Å². The Bertz CT molecular complexity index is 955. The summed E-state index contributed by atoms with van der Waals surface area (Å²) in [5.74, 6) is 1.33. The van der Waals surface area contributed by atoms with Crippen LogP contribution >= 0.6 is 0 Å². The summed E-state index contributed by atoms with van der Waals surface area (Å²) in [4.78, 5) is 18.3. The lowest BCUT2D eigenvalue weighted by molar-refractivity contribution is 0.111. The summed E-state index contributed by atoms with van der Waals surface area (Å²) >= 11 is 0. The lowest BCUT2D eigenvalue weighted by Crippen LogP contribution is -2.47. The number of amides is 2. The Morgan fingerprint density at radius 2 is 1.75 bits per heavy atom. The van der Waals surface area contributed by atoms with Gasteiger partial charge in [-0.25, -0.2) is 4.79 Å². The highest BCUT2D eigenvalue weighted by Crippen LogP contribution is 2.32. The van der Waals surface area contributed by atoms with E-state index in [2.05, 4.69) is 62.9 Å². The molecule has 1 N–H and O–H groups in total. The lowest BCUT2D eigenvalue weighted by Gasteiger charge is -2.32. The number of carbonyl (C=O) groups excluding carboxylic acids is 1. The molecule has 3 rings (SSSR count). The second kappa shape index (κ2) is 11.0. The molecule has 0 spiro atoms. The van der Waals surface area contributed by atoms with Gasteiger partial charge < -0.3 is 15.0 Å². The van der Waals surface area contributed by atoms with Crippen LogP contribution < -0.4 is 10.1 Å². The van der Waals surface area contributed by atoms with Gasteiger partial charge in [0.15, 0.2) is 0 Å². The largest absolute Gasteiger partial charge is 0.490 e. The Hall–Kier alpha value is -3.08. The van der Waals surface area contributed by atoms with E-state index in [9.17, 15) is 4.79 Å². The van der Waals surface area contributed by atoms with E-state index in [-0.39, 0.29) is 12.1 Å². The molecule has 0 aliphatic carbocycles. The van der Waals surface area contributed by atoms with Crippen molar-refractivity contribution in [2.75, 3.05) is 19.6 Å². The zero-order chi connectivity index (χ0) is 23.1. The fraction of sp³-hybridized carbons (Fsp3) is 0.407. The molecule has 5 nitrogen and oxygen atoms in total. The summed E-state index contributed by atoms with van der Waals surface area (Å²) < 4.78 is 6.20. The molecule has 0 atom stereocenters. The molecule has 0 saturated carbocycles. The van der Waals surface area contributed by atoms with E-state index in [0.717, 1.165) is 48.5 Å². The molecule has 0 bridgehead atoms. The number of carbonyl (C=O) groups is 1. The quantitative estimate of drug-likeness (QED) is 0.419. The molecule has 0 radical (unpaired) electrons. The SMILES string of the molecule is C=Nc1ccccc1/C(C)=C(\C)c1ccc(OC2CCN(C(=O)NCC(C)C)CC2)cc1. The summed E-state index contributed by atoms with van der Waals surface area (Å²) in [6.07, 6.45) is 1.83. The zero-order valence-corrected chi connectivity index (χ0v) is 19.7. The number of aliphatic imine (C=N–C) groups is 1. The molecular weight excluding hydrogens is 398 g/mol. The zero-order valence-electron chi connectivity index (χ0n) is 19.7. The number of hydrogen-bond donors (Lipinski definition) is 1. The van der Waals surface area contributed by atoms with Crippen molar-refractivity contribution >= 4 is 29.6 Å². The molecule has 5 heteroatoms. The number of urea groups is 1. The van der Waals surface area contributed by atoms with E-state index in [1.807, 2.05) is 35.2 Å². The van der Waals surface area contributed by atoms with Crippen molar-refractivity contribution in [2.45, 2.75) is 46.6 Å². The van der Waals surface area contributed by atoms with Gasteiger partial charge in [0.05, 0.1) is 5.69 Å². The van der Waals surface area contributed by atoms with Crippen molar-refractivity contribution in [3.05, 3.63) is 59.7 Å². The van der Waals surface area contributed by atoms with Crippen LogP contribution in [0.25, 0.3) is 11.1 Å². The Morgan fingerprint density at radius 3 is 2.38 bits per heavy atom. The van der Waals surface area contributed by atoms with Crippen LogP contribution in [0.2, 0.25) is 0 Å². The number of nitrogens with zero attached hydrogens (tertiary/aromatic N) is 2. The van der Waals surface area contributed by atoms with Gasteiger partial charge in [0.2, 0.25) is 0 Å². The van der Waals surface area contributed by atoms with Gasteiger partial charge in [-0.15, -0.1) is 0 Å². The second-order valence-electron chi connectivity index (χ2n) is 8.83. The van der Waals surface area contributed by atoms with Crippen LogP contribution in [0.1, 0.15) is 51.7 Å². The van der Waals surface area contributed by atoms with Crippen molar-refractivity contribution in [1.82, 2.24) is 10.2 Å². The van der Waals surface area contributed by atoms with Crippen molar-refractivity contribution < 1.29 is 9.53 Å². The molecular formula is C27H35N3O2. The normalized spacial score (nSPS) is 15.3. The molecule has 2 aromatic carbocycles. The number of piperidine rings is 1. The third-order valence-corrected chi connectivity index (χ3v) is 6.02. The van der Waals surface area contributed by atoms with Gasteiger partial charge in [-0.05, 0) is 61.4 Å². The first-order chi connectivity index (χ1) is 15.4. The summed E-state index contributed by atoms with van der Waals surface area (Å²) in [6.45, 7) is 14.3. The first-order valence-electron chi connectivity index (χ1n) is 11.4. The van der Waals surface area contributed by atoms with E-state index >= 15 is 0 Å². The van der Waals surface area contributed by atoms with Crippen LogP contribution in [0.3, 0.4) is 0 Å². The minimum absolute atomic E-state index is 0.0346. The summed E-state index contributed by atoms with van der Waals surface area (Å²) in [5, 5.41) is 2.99. The highest BCUT2D eigenvalue weighted by Gasteiger charge is 2.24. The predicted molar refractivity (Wildman–Crippen MR) is 134 cm³/mol. The number of nitrogens with one attached hydrogen (secondary N) is 1. The monoisotopic (exact) mass is 433 g/mol. The maximum Gasteiger partial charge on any atom is 0.317 e. The number of para-hydroxylation sites is 1. The molecule has 1 fully saturated rings. The topological polar surface area (TPSA) is 53.9 Å². The van der Waals surface area contributed by atoms with Gasteiger partial charge in [-0.2, -0.15) is 0 Å². The lowest BCUT2D eigenvalue weighted by atomic mass is 9.96. The number of rotatable bonds is 7. The Morgan fingerprint density at radius 1 is 1.09 bits per heavy atom. The Kier molecular flexibility index (Phi) is 8.09. The van der Waals surface area contributed by atoms with Gasteiger partial charge >= 0.3 is 6.03 Å². The van der Waals surface area contributed by atoms with Gasteiger partial charge in [0.1, 0.15) is 11.9 Å². The third-order valence-electron chi connectivity index (χ3n) is 6.02. The van der Waals surface area contributed by atoms with Gasteiger partial charge in [-0.3, -0.25) is 4.99 Å². The standard InChI is InChI=1S/C27H35N3O2/c1-19(2)18-29-27(31)30-16-14-24(15-17-30)32-23-12-10-22(11-13-23)20(3)21(4)25-8-6-7-9-26(25)28-5/h6-13,19,24H,5,14-18H2,1-4H3,(H,29,31)/b21-20+. The molecule has 2 aromatic rings. The molecule has 1 heterocycles. The molecule has 32 heavy (non-hydrogen) atoms. The number of allylic oxidation sites excluding steroid dienone is 2. The first kappa shape index (κ1) is 23.6. The number of ether oxygens (including phenoxy) is 1. The molecule has 1 saturated heterocycles. The fourth-order valence-electron chi connectivity index (χ4n) is 3.90. The van der Waals surface area contributed by atoms with E-state index in [0.29, 0.717) is 12.5 Å². The average Bonchev–Trinajstić information content (AvgIpc) is 2.82. The van der Waals surface area contributed by atoms with E-state index < -0.39 is 0 Å². The molecule has 170 valence electrons. The highest BCUT2D eigenvalue weighted by molar-refractivity contribution is 5.92. The van der Waals surface area contributed by atoms with Gasteiger partial charge in [0.25, 0.3) is 0 Å². The van der Waals surface area contributed by atoms with Gasteiger partial charge in [0, 0.05) is 38.0 Å². The summed E-state index contributed by atoms with van der Waals surface area (Å²) in [6, 6.07) is 16.4. The van der Waals surface area contributed by atoms with Crippen molar-refractivity contribution in [1.29, 1.82) is 0 Å². The summed E-state index contributed by atoms with van der Waals surface area (Å²) in [5.41, 5.74) is 5.54. The average molecular weight is 434 g/mol. The fourth-order valence-corrected chi connectivity index (χ4v) is 3.90. The van der Waals surface area contributed by atoms with Crippen LogP contribution in [0, 0.1) is 5.92 Å². The Balaban J connectivity index is 1.58. The maximum absolute atomic E-state index is 12.2. The van der Waals surface area contributed by atoms with Crippen LogP contribution in [0.4, 0.5) is 10.5 Å². The molecule has 1 aliphatic rings. The molecule has 1 aliphatic heterocycles. The minimum Gasteiger partial charge on any atom is -0.490 e. The first-order valence-corrected chi connectivity index (χ1v) is 11.4. The molecule has 0 aromatic heterocycles. The number of benzene rings is 2. The number of likely N-dealkylation sites (tertiary alicyclic amines) is 1. The maximum atomic E-state index is 12.2. The third kappa shape index (κ3) is 6.00. The number of hydrogen-bond acceptors (Lipinski definition) is 3. The van der Waals surface area contributed by atoms with Crippen LogP contribution in [-0.2, 0) is 0 Å². The summed E-state index contributed by atoms with van der Waals surface area (Å²) in [7, 11) is 0.